The Hall–Kier alpha value is -3.18. The molecule has 0 spiro atoms. The molecule has 0 unspecified atom stereocenters. The number of fused-ring (bicyclic) bond motifs is 3. The van der Waals surface area contributed by atoms with Crippen LogP contribution >= 0.6 is 0 Å². The summed E-state index contributed by atoms with van der Waals surface area (Å²) in [4.78, 5) is 28.2. The molecule has 4 rings (SSSR count). The number of anilines is 1. The topological polar surface area (TPSA) is 70.5 Å². The third kappa shape index (κ3) is 3.89. The van der Waals surface area contributed by atoms with Crippen molar-refractivity contribution in [3.63, 3.8) is 0 Å². The van der Waals surface area contributed by atoms with Crippen molar-refractivity contribution in [1.29, 1.82) is 0 Å². The molecule has 2 aliphatic rings. The third-order valence-electron chi connectivity index (χ3n) is 5.66. The summed E-state index contributed by atoms with van der Waals surface area (Å²) in [5, 5.41) is 6.73. The lowest BCUT2D eigenvalue weighted by Gasteiger charge is -2.33. The van der Waals surface area contributed by atoms with Crippen molar-refractivity contribution in [1.82, 2.24) is 19.6 Å². The molecule has 7 nitrogen and oxygen atoms in total. The van der Waals surface area contributed by atoms with Crippen molar-refractivity contribution >= 4 is 17.6 Å². The molecule has 0 fully saturated rings. The van der Waals surface area contributed by atoms with Gasteiger partial charge in [-0.2, -0.15) is 18.3 Å². The summed E-state index contributed by atoms with van der Waals surface area (Å²) in [5.74, 6) is -1.86. The molecule has 0 radical (unpaired) electrons. The van der Waals surface area contributed by atoms with Gasteiger partial charge in [-0.1, -0.05) is 0 Å². The minimum atomic E-state index is -4.91. The lowest BCUT2D eigenvalue weighted by Crippen LogP contribution is -2.45. The number of carbonyl (C=O) groups is 2. The Kier molecular flexibility index (Phi) is 5.33. The maximum absolute atomic E-state index is 14.1. The van der Waals surface area contributed by atoms with Gasteiger partial charge in [-0.3, -0.25) is 9.48 Å². The number of halogens is 5. The summed E-state index contributed by atoms with van der Waals surface area (Å²) in [5.41, 5.74) is -0.436. The molecular formula is C20H20F5N5O2. The van der Waals surface area contributed by atoms with Gasteiger partial charge < -0.3 is 15.1 Å². The van der Waals surface area contributed by atoms with Gasteiger partial charge in [0.25, 0.3) is 5.91 Å². The van der Waals surface area contributed by atoms with Gasteiger partial charge in [0.2, 0.25) is 0 Å². The maximum atomic E-state index is 14.1. The highest BCUT2D eigenvalue weighted by Gasteiger charge is 2.38. The van der Waals surface area contributed by atoms with Gasteiger partial charge >= 0.3 is 12.2 Å². The van der Waals surface area contributed by atoms with Crippen molar-refractivity contribution < 1.29 is 31.5 Å². The van der Waals surface area contributed by atoms with Gasteiger partial charge in [0.15, 0.2) is 0 Å². The number of benzene rings is 1. The number of rotatable bonds is 1. The second-order valence-electron chi connectivity index (χ2n) is 8.04. The number of aromatic nitrogens is 2. The molecule has 1 N–H and O–H groups in total. The zero-order valence-electron chi connectivity index (χ0n) is 17.2. The van der Waals surface area contributed by atoms with Crippen LogP contribution in [-0.4, -0.2) is 57.3 Å². The fourth-order valence-corrected chi connectivity index (χ4v) is 4.06. The number of nitrogens with one attached hydrogen (secondary N) is 1. The normalized spacial score (nSPS) is 21.2. The first kappa shape index (κ1) is 22.0. The Morgan fingerprint density at radius 3 is 2.66 bits per heavy atom. The van der Waals surface area contributed by atoms with E-state index in [0.29, 0.717) is 23.4 Å². The maximum Gasteiger partial charge on any atom is 0.419 e. The van der Waals surface area contributed by atoms with Crippen LogP contribution in [0.1, 0.15) is 34.2 Å². The Labute approximate surface area is 179 Å². The minimum absolute atomic E-state index is 0.0263. The van der Waals surface area contributed by atoms with Gasteiger partial charge in [0.05, 0.1) is 30.9 Å². The van der Waals surface area contributed by atoms with Crippen LogP contribution in [0.5, 0.6) is 0 Å². The van der Waals surface area contributed by atoms with E-state index in [-0.39, 0.29) is 37.4 Å². The zero-order chi connectivity index (χ0) is 23.4. The molecule has 0 saturated carbocycles. The number of carbonyl (C=O) groups excluding carboxylic acids is 2. The molecule has 32 heavy (non-hydrogen) atoms. The van der Waals surface area contributed by atoms with Gasteiger partial charge in [0.1, 0.15) is 17.7 Å². The molecule has 1 aromatic heterocycles. The van der Waals surface area contributed by atoms with E-state index in [2.05, 4.69) is 10.4 Å². The van der Waals surface area contributed by atoms with Crippen molar-refractivity contribution in [2.75, 3.05) is 18.9 Å². The average Bonchev–Trinajstić information content (AvgIpc) is 2.98. The van der Waals surface area contributed by atoms with Gasteiger partial charge in [-0.25, -0.2) is 13.6 Å². The summed E-state index contributed by atoms with van der Waals surface area (Å²) in [6, 6.07) is 1.10. The van der Waals surface area contributed by atoms with E-state index < -0.39 is 41.7 Å². The van der Waals surface area contributed by atoms with Crippen LogP contribution < -0.4 is 5.32 Å². The summed E-state index contributed by atoms with van der Waals surface area (Å²) >= 11 is 0. The van der Waals surface area contributed by atoms with Crippen molar-refractivity contribution in [2.24, 2.45) is 0 Å². The van der Waals surface area contributed by atoms with E-state index in [9.17, 15) is 31.5 Å². The van der Waals surface area contributed by atoms with Gasteiger partial charge in [-0.05, 0) is 25.1 Å². The SMILES string of the molecule is C[C@@H]1Cc2nn3c(c2CN1C(=O)Nc1ccc(F)c(C(F)(F)F)c1)C(=O)N(C)C[C@@H](F)C3. The largest absolute Gasteiger partial charge is 0.419 e. The Morgan fingerprint density at radius 1 is 1.25 bits per heavy atom. The molecular weight excluding hydrogens is 437 g/mol. The smallest absolute Gasteiger partial charge is 0.337 e. The predicted molar refractivity (Wildman–Crippen MR) is 103 cm³/mol. The molecule has 2 aliphatic heterocycles. The number of hydrogen-bond acceptors (Lipinski definition) is 3. The van der Waals surface area contributed by atoms with E-state index in [1.54, 1.807) is 6.92 Å². The highest BCUT2D eigenvalue weighted by molar-refractivity contribution is 5.95. The molecule has 1 aromatic carbocycles. The Morgan fingerprint density at radius 2 is 1.97 bits per heavy atom. The number of urea groups is 1. The number of amides is 3. The highest BCUT2D eigenvalue weighted by atomic mass is 19.4. The zero-order valence-corrected chi connectivity index (χ0v) is 17.2. The van der Waals surface area contributed by atoms with E-state index in [4.69, 9.17) is 0 Å². The van der Waals surface area contributed by atoms with Crippen LogP contribution in [0.4, 0.5) is 32.4 Å². The fourth-order valence-electron chi connectivity index (χ4n) is 4.06. The molecule has 2 atom stereocenters. The molecule has 172 valence electrons. The van der Waals surface area contributed by atoms with Gasteiger partial charge in [-0.15, -0.1) is 0 Å². The first-order valence-electron chi connectivity index (χ1n) is 9.88. The lowest BCUT2D eigenvalue weighted by atomic mass is 9.99. The van der Waals surface area contributed by atoms with Crippen LogP contribution in [0.2, 0.25) is 0 Å². The van der Waals surface area contributed by atoms with E-state index in [1.807, 2.05) is 0 Å². The predicted octanol–water partition coefficient (Wildman–Crippen LogP) is 3.44. The minimum Gasteiger partial charge on any atom is -0.337 e. The Bertz CT molecular complexity index is 1080. The van der Waals surface area contributed by atoms with E-state index in [1.165, 1.54) is 21.5 Å². The second-order valence-corrected chi connectivity index (χ2v) is 8.04. The monoisotopic (exact) mass is 457 g/mol. The molecule has 3 heterocycles. The van der Waals surface area contributed by atoms with Crippen molar-refractivity contribution in [2.45, 2.75) is 44.8 Å². The number of nitrogens with zero attached hydrogens (tertiary/aromatic N) is 4. The summed E-state index contributed by atoms with van der Waals surface area (Å²) in [6.07, 6.45) is -5.91. The van der Waals surface area contributed by atoms with Crippen molar-refractivity contribution in [3.05, 3.63) is 46.5 Å². The Balaban J connectivity index is 1.60. The molecule has 3 amide bonds. The average molecular weight is 457 g/mol. The number of hydrogen-bond donors (Lipinski definition) is 1. The number of alkyl halides is 4. The van der Waals surface area contributed by atoms with Crippen LogP contribution in [-0.2, 0) is 25.7 Å². The van der Waals surface area contributed by atoms with E-state index >= 15 is 0 Å². The lowest BCUT2D eigenvalue weighted by molar-refractivity contribution is -0.139. The molecule has 0 saturated heterocycles. The summed E-state index contributed by atoms with van der Waals surface area (Å²) < 4.78 is 67.9. The van der Waals surface area contributed by atoms with E-state index in [0.717, 1.165) is 6.07 Å². The molecule has 12 heteroatoms. The standard InChI is InChI=1S/C20H20F5N5O2/c1-10-5-16-13(17-18(31)28(2)7-11(21)8-30(17)27-16)9-29(10)19(32)26-12-3-4-15(22)14(6-12)20(23,24)25/h3-4,6,10-11H,5,7-9H2,1-2H3,(H,26,32)/t10-,11-/m1/s1. The third-order valence-corrected chi connectivity index (χ3v) is 5.66. The second kappa shape index (κ2) is 7.75. The highest BCUT2D eigenvalue weighted by Crippen LogP contribution is 2.33. The van der Waals surface area contributed by atoms with Gasteiger partial charge in [0, 0.05) is 30.8 Å². The quantitative estimate of drug-likeness (QED) is 0.667. The van der Waals surface area contributed by atoms with Crippen LogP contribution in [0.3, 0.4) is 0 Å². The molecule has 2 aromatic rings. The van der Waals surface area contributed by atoms with Crippen LogP contribution in [0.15, 0.2) is 18.2 Å². The van der Waals surface area contributed by atoms with Crippen LogP contribution in [0.25, 0.3) is 0 Å². The first-order valence-corrected chi connectivity index (χ1v) is 9.88. The molecule has 0 aliphatic carbocycles. The first-order chi connectivity index (χ1) is 15.0. The van der Waals surface area contributed by atoms with Crippen molar-refractivity contribution in [3.8, 4) is 0 Å². The fraction of sp³-hybridized carbons (Fsp3) is 0.450. The van der Waals surface area contributed by atoms with Crippen LogP contribution in [0, 0.1) is 5.82 Å². The molecule has 0 bridgehead atoms. The summed E-state index contributed by atoms with van der Waals surface area (Å²) in [7, 11) is 1.48. The summed E-state index contributed by atoms with van der Waals surface area (Å²) in [6.45, 7) is 1.53.